The lowest BCUT2D eigenvalue weighted by atomic mass is 10.2. The minimum absolute atomic E-state index is 0.307. The minimum Gasteiger partial charge on any atom is -0.314 e. The summed E-state index contributed by atoms with van der Waals surface area (Å²) in [5, 5.41) is 7.92. The molecule has 0 radical (unpaired) electrons. The Morgan fingerprint density at radius 2 is 1.62 bits per heavy atom. The molecule has 2 heterocycles. The number of benzene rings is 2. The van der Waals surface area contributed by atoms with Crippen LogP contribution in [-0.2, 0) is 16.7 Å². The van der Waals surface area contributed by atoms with Crippen LogP contribution in [0.5, 0.6) is 0 Å². The molecule has 1 N–H and O–H groups in total. The third kappa shape index (κ3) is 4.00. The molecule has 2 aromatic carbocycles. The van der Waals surface area contributed by atoms with Crippen molar-refractivity contribution < 1.29 is 13.3 Å². The number of rotatable bonds is 5. The van der Waals surface area contributed by atoms with E-state index >= 15 is 0 Å². The molecule has 1 saturated heterocycles. The number of para-hydroxylation sites is 1. The van der Waals surface area contributed by atoms with Gasteiger partial charge >= 0.3 is 5.69 Å². The van der Waals surface area contributed by atoms with Crippen LogP contribution >= 0.6 is 0 Å². The van der Waals surface area contributed by atoms with Crippen LogP contribution in [0.4, 0.5) is 0 Å². The Morgan fingerprint density at radius 1 is 0.966 bits per heavy atom. The Bertz CT molecular complexity index is 1130. The molecule has 1 aliphatic rings. The van der Waals surface area contributed by atoms with Crippen LogP contribution in [0.15, 0.2) is 64.3 Å². The molecule has 0 saturated carbocycles. The average Bonchev–Trinajstić information content (AvgIpc) is 3.09. The summed E-state index contributed by atoms with van der Waals surface area (Å²) in [4.78, 5) is 14.0. The van der Waals surface area contributed by atoms with Crippen molar-refractivity contribution in [3.63, 3.8) is 0 Å². The van der Waals surface area contributed by atoms with Crippen molar-refractivity contribution in [3.8, 4) is 5.69 Å². The first-order valence-corrected chi connectivity index (χ1v) is 10.9. The number of sulfonamides is 1. The number of quaternary nitrogens is 1. The molecule has 152 valence electrons. The SMILES string of the molecule is Cc1ccc(S(=O)(=O)N2CC[NH+](Cn3nnn(-c4ccccc4)c3=O)CC2)cc1. The number of aromatic nitrogens is 4. The summed E-state index contributed by atoms with van der Waals surface area (Å²) in [7, 11) is -3.50. The fourth-order valence-electron chi connectivity index (χ4n) is 3.38. The van der Waals surface area contributed by atoms with Crippen LogP contribution < -0.4 is 10.6 Å². The molecule has 1 aromatic heterocycles. The summed E-state index contributed by atoms with van der Waals surface area (Å²) in [6.07, 6.45) is 0. The lowest BCUT2D eigenvalue weighted by molar-refractivity contribution is -0.927. The predicted octanol–water partition coefficient (Wildman–Crippen LogP) is -0.716. The van der Waals surface area contributed by atoms with Crippen LogP contribution in [0, 0.1) is 6.92 Å². The summed E-state index contributed by atoms with van der Waals surface area (Å²) in [6, 6.07) is 16.0. The average molecular weight is 415 g/mol. The van der Waals surface area contributed by atoms with Gasteiger partial charge < -0.3 is 4.90 Å². The van der Waals surface area contributed by atoms with Gasteiger partial charge in [-0.1, -0.05) is 35.9 Å². The van der Waals surface area contributed by atoms with E-state index in [9.17, 15) is 13.2 Å². The summed E-state index contributed by atoms with van der Waals surface area (Å²) in [5.41, 5.74) is 1.37. The first kappa shape index (κ1) is 19.5. The van der Waals surface area contributed by atoms with Gasteiger partial charge in [0, 0.05) is 0 Å². The normalized spacial score (nSPS) is 16.2. The van der Waals surface area contributed by atoms with Crippen LogP contribution in [0.25, 0.3) is 5.69 Å². The molecule has 1 aliphatic heterocycles. The van der Waals surface area contributed by atoms with Gasteiger partial charge in [0.1, 0.15) is 0 Å². The largest absolute Gasteiger partial charge is 0.373 e. The van der Waals surface area contributed by atoms with Crippen LogP contribution in [-0.4, -0.2) is 58.7 Å². The third-order valence-corrected chi connectivity index (χ3v) is 7.01. The molecule has 0 unspecified atom stereocenters. The number of hydrogen-bond donors (Lipinski definition) is 1. The van der Waals surface area contributed by atoms with Gasteiger partial charge in [-0.25, -0.2) is 13.2 Å². The van der Waals surface area contributed by atoms with E-state index < -0.39 is 10.0 Å². The molecule has 0 bridgehead atoms. The molecule has 4 rings (SSSR count). The second kappa shape index (κ2) is 7.90. The quantitative estimate of drug-likeness (QED) is 0.594. The lowest BCUT2D eigenvalue weighted by Crippen LogP contribution is -3.14. The van der Waals surface area contributed by atoms with Crippen LogP contribution in [0.3, 0.4) is 0 Å². The van der Waals surface area contributed by atoms with Crippen molar-refractivity contribution in [1.82, 2.24) is 24.1 Å². The maximum Gasteiger partial charge on any atom is 0.373 e. The maximum atomic E-state index is 12.8. The predicted molar refractivity (Wildman–Crippen MR) is 106 cm³/mol. The highest BCUT2D eigenvalue weighted by Gasteiger charge is 2.30. The summed E-state index contributed by atoms with van der Waals surface area (Å²) < 4.78 is 29.7. The van der Waals surface area contributed by atoms with Gasteiger partial charge in [0.2, 0.25) is 10.0 Å². The molecule has 10 heteroatoms. The number of piperazine rings is 1. The Morgan fingerprint density at radius 3 is 2.28 bits per heavy atom. The first-order valence-electron chi connectivity index (χ1n) is 9.44. The third-order valence-electron chi connectivity index (χ3n) is 5.10. The minimum atomic E-state index is -3.50. The zero-order valence-corrected chi connectivity index (χ0v) is 16.9. The van der Waals surface area contributed by atoms with E-state index in [0.29, 0.717) is 43.4 Å². The van der Waals surface area contributed by atoms with Gasteiger partial charge in [-0.05, 0) is 41.6 Å². The van der Waals surface area contributed by atoms with Crippen molar-refractivity contribution in [2.24, 2.45) is 0 Å². The molecule has 0 aliphatic carbocycles. The summed E-state index contributed by atoms with van der Waals surface area (Å²) in [6.45, 7) is 4.25. The van der Waals surface area contributed by atoms with Crippen molar-refractivity contribution in [2.45, 2.75) is 18.5 Å². The van der Waals surface area contributed by atoms with Crippen LogP contribution in [0.2, 0.25) is 0 Å². The van der Waals surface area contributed by atoms with E-state index in [4.69, 9.17) is 0 Å². The first-order chi connectivity index (χ1) is 13.9. The molecule has 0 atom stereocenters. The molecule has 0 spiro atoms. The van der Waals surface area contributed by atoms with Crippen molar-refractivity contribution in [1.29, 1.82) is 0 Å². The fraction of sp³-hybridized carbons (Fsp3) is 0.316. The highest BCUT2D eigenvalue weighted by molar-refractivity contribution is 7.89. The molecule has 9 nitrogen and oxygen atoms in total. The van der Waals surface area contributed by atoms with Crippen molar-refractivity contribution in [3.05, 3.63) is 70.6 Å². The summed E-state index contributed by atoms with van der Waals surface area (Å²) in [5.74, 6) is 0. The van der Waals surface area contributed by atoms with E-state index in [1.54, 1.807) is 36.4 Å². The molecular weight excluding hydrogens is 392 g/mol. The van der Waals surface area contributed by atoms with Gasteiger partial charge in [-0.2, -0.15) is 8.99 Å². The Labute approximate surface area is 168 Å². The van der Waals surface area contributed by atoms with Crippen LogP contribution in [0.1, 0.15) is 5.56 Å². The fourth-order valence-corrected chi connectivity index (χ4v) is 4.82. The number of nitrogens with zero attached hydrogens (tertiary/aromatic N) is 5. The van der Waals surface area contributed by atoms with Gasteiger partial charge in [0.05, 0.1) is 36.8 Å². The smallest absolute Gasteiger partial charge is 0.314 e. The van der Waals surface area contributed by atoms with E-state index in [-0.39, 0.29) is 5.69 Å². The van der Waals surface area contributed by atoms with Gasteiger partial charge in [-0.15, -0.1) is 4.68 Å². The van der Waals surface area contributed by atoms with Gasteiger partial charge in [0.15, 0.2) is 6.67 Å². The number of hydrogen-bond acceptors (Lipinski definition) is 5. The van der Waals surface area contributed by atoms with Crippen molar-refractivity contribution >= 4 is 10.0 Å². The van der Waals surface area contributed by atoms with E-state index in [1.165, 1.54) is 13.7 Å². The molecule has 0 amide bonds. The number of tetrazole rings is 1. The number of nitrogens with one attached hydrogen (secondary N) is 1. The highest BCUT2D eigenvalue weighted by atomic mass is 32.2. The Balaban J connectivity index is 1.41. The topological polar surface area (TPSA) is 94.5 Å². The van der Waals surface area contributed by atoms with E-state index in [0.717, 1.165) is 10.5 Å². The maximum absolute atomic E-state index is 12.8. The Kier molecular flexibility index (Phi) is 5.31. The molecular formula is C19H23N6O3S+. The zero-order chi connectivity index (χ0) is 20.4. The Hall–Kier alpha value is -2.82. The molecule has 3 aromatic rings. The molecule has 29 heavy (non-hydrogen) atoms. The highest BCUT2D eigenvalue weighted by Crippen LogP contribution is 2.16. The standard InChI is InChI=1S/C19H22N6O3S/c1-16-7-9-18(10-8-16)29(27,28)23-13-11-22(12-14-23)15-24-19(26)25(21-20-24)17-5-3-2-4-6-17/h2-10H,11-15H2,1H3/p+1. The van der Waals surface area contributed by atoms with Gasteiger partial charge in [-0.3, -0.25) is 0 Å². The molecule has 1 fully saturated rings. The lowest BCUT2D eigenvalue weighted by Gasteiger charge is -2.31. The van der Waals surface area contributed by atoms with Gasteiger partial charge in [0.25, 0.3) is 0 Å². The summed E-state index contributed by atoms with van der Waals surface area (Å²) >= 11 is 0. The monoisotopic (exact) mass is 415 g/mol. The zero-order valence-electron chi connectivity index (χ0n) is 16.1. The van der Waals surface area contributed by atoms with E-state index in [2.05, 4.69) is 10.4 Å². The van der Waals surface area contributed by atoms with E-state index in [1.807, 2.05) is 25.1 Å². The second-order valence-electron chi connectivity index (χ2n) is 7.13. The van der Waals surface area contributed by atoms with Crippen molar-refractivity contribution in [2.75, 3.05) is 26.2 Å². The second-order valence-corrected chi connectivity index (χ2v) is 9.07. The number of aryl methyl sites for hydroxylation is 1.